The van der Waals surface area contributed by atoms with E-state index in [0.717, 1.165) is 36.8 Å². The minimum atomic E-state index is -0.441. The highest BCUT2D eigenvalue weighted by Crippen LogP contribution is 2.32. The zero-order valence-electron chi connectivity index (χ0n) is 21.4. The highest BCUT2D eigenvalue weighted by molar-refractivity contribution is 7.09. The fourth-order valence-electron chi connectivity index (χ4n) is 4.95. The number of fused-ring (bicyclic) bond motifs is 1. The molecule has 4 heterocycles. The maximum Gasteiger partial charge on any atom is 0.253 e. The first-order valence-corrected chi connectivity index (χ1v) is 13.5. The number of thiophene rings is 1. The molecule has 0 amide bonds. The summed E-state index contributed by atoms with van der Waals surface area (Å²) in [5, 5.41) is 16.0. The van der Waals surface area contributed by atoms with Crippen molar-refractivity contribution >= 4 is 22.2 Å². The van der Waals surface area contributed by atoms with Crippen molar-refractivity contribution < 1.29 is 4.74 Å². The summed E-state index contributed by atoms with van der Waals surface area (Å²) in [5.74, 6) is 0.661. The predicted octanol–water partition coefficient (Wildman–Crippen LogP) is 4.66. The molecule has 4 aromatic rings. The zero-order chi connectivity index (χ0) is 25.3. The van der Waals surface area contributed by atoms with E-state index in [1.54, 1.807) is 11.3 Å². The highest BCUT2D eigenvalue weighted by Gasteiger charge is 2.35. The Balaban J connectivity index is 1.69. The topological polar surface area (TPSA) is 88.9 Å². The van der Waals surface area contributed by atoms with E-state index < -0.39 is 6.04 Å². The average Bonchev–Trinajstić information content (AvgIpc) is 3.62. The molecule has 1 aliphatic heterocycles. The van der Waals surface area contributed by atoms with E-state index in [1.165, 1.54) is 10.4 Å². The van der Waals surface area contributed by atoms with Crippen LogP contribution in [0.3, 0.4) is 0 Å². The maximum absolute atomic E-state index is 13.6. The van der Waals surface area contributed by atoms with Gasteiger partial charge in [-0.1, -0.05) is 19.1 Å². The van der Waals surface area contributed by atoms with Crippen LogP contribution in [-0.2, 0) is 23.2 Å². The molecule has 1 fully saturated rings. The van der Waals surface area contributed by atoms with Crippen molar-refractivity contribution in [2.24, 2.45) is 0 Å². The van der Waals surface area contributed by atoms with Crippen LogP contribution in [0.25, 0.3) is 10.9 Å². The summed E-state index contributed by atoms with van der Waals surface area (Å²) in [6.07, 6.45) is 3.10. The number of aromatic nitrogens is 5. The van der Waals surface area contributed by atoms with Crippen LogP contribution in [0.4, 0.5) is 0 Å². The number of pyridine rings is 1. The molecular weight excluding hydrogens is 472 g/mol. The largest absolute Gasteiger partial charge is 0.377 e. The summed E-state index contributed by atoms with van der Waals surface area (Å²) in [7, 11) is 0. The third-order valence-electron chi connectivity index (χ3n) is 6.78. The fourth-order valence-corrected chi connectivity index (χ4v) is 5.68. The number of ether oxygens (including phenoxy) is 1. The number of hydrogen-bond donors (Lipinski definition) is 1. The molecule has 190 valence electrons. The second-order valence-electron chi connectivity index (χ2n) is 10.5. The molecular formula is C27H34N6O2S. The zero-order valence-corrected chi connectivity index (χ0v) is 22.2. The molecule has 5 rings (SSSR count). The standard InChI is InChI=1S/C27H34N6O2S/c1-5-18-10-11-23-19(14-18)15-22(26(34)28-23)24(25-29-30-31-33(25)27(2,3)4)32(16-20-8-6-12-35-20)17-21-9-7-13-36-21/h7,9-11,13-15,20,24H,5-6,8,12,16-17H2,1-4H3,(H,28,34). The Bertz CT molecular complexity index is 1370. The van der Waals surface area contributed by atoms with Crippen LogP contribution in [0.2, 0.25) is 0 Å². The summed E-state index contributed by atoms with van der Waals surface area (Å²) in [5.41, 5.74) is 2.23. The molecule has 8 nitrogen and oxygen atoms in total. The van der Waals surface area contributed by atoms with Crippen molar-refractivity contribution in [1.29, 1.82) is 0 Å². The van der Waals surface area contributed by atoms with Crippen LogP contribution in [0.15, 0.2) is 46.6 Å². The predicted molar refractivity (Wildman–Crippen MR) is 142 cm³/mol. The molecule has 1 N–H and O–H groups in total. The molecule has 3 aromatic heterocycles. The van der Waals surface area contributed by atoms with E-state index in [0.29, 0.717) is 24.5 Å². The summed E-state index contributed by atoms with van der Waals surface area (Å²) >= 11 is 1.71. The minimum absolute atomic E-state index is 0.109. The van der Waals surface area contributed by atoms with Crippen molar-refractivity contribution in [1.82, 2.24) is 30.1 Å². The van der Waals surface area contributed by atoms with Gasteiger partial charge in [-0.2, -0.15) is 0 Å². The maximum atomic E-state index is 13.6. The number of hydrogen-bond acceptors (Lipinski definition) is 7. The molecule has 0 radical (unpaired) electrons. The van der Waals surface area contributed by atoms with Gasteiger partial charge in [0.05, 0.1) is 11.6 Å². The molecule has 0 spiro atoms. The van der Waals surface area contributed by atoms with Crippen LogP contribution < -0.4 is 5.56 Å². The summed E-state index contributed by atoms with van der Waals surface area (Å²) < 4.78 is 7.90. The quantitative estimate of drug-likeness (QED) is 0.374. The molecule has 9 heteroatoms. The van der Waals surface area contributed by atoms with Crippen LogP contribution in [0, 0.1) is 0 Å². The molecule has 0 aliphatic carbocycles. The summed E-state index contributed by atoms with van der Waals surface area (Å²) in [4.78, 5) is 20.3. The molecule has 0 bridgehead atoms. The lowest BCUT2D eigenvalue weighted by Crippen LogP contribution is -2.40. The van der Waals surface area contributed by atoms with E-state index in [4.69, 9.17) is 4.74 Å². The molecule has 2 unspecified atom stereocenters. The Hall–Kier alpha value is -2.88. The first-order valence-electron chi connectivity index (χ1n) is 12.7. The number of nitrogens with zero attached hydrogens (tertiary/aromatic N) is 5. The first-order chi connectivity index (χ1) is 17.3. The second kappa shape index (κ2) is 10.2. The van der Waals surface area contributed by atoms with E-state index in [9.17, 15) is 4.79 Å². The van der Waals surface area contributed by atoms with Crippen molar-refractivity contribution in [3.63, 3.8) is 0 Å². The van der Waals surface area contributed by atoms with E-state index >= 15 is 0 Å². The highest BCUT2D eigenvalue weighted by atomic mass is 32.1. The van der Waals surface area contributed by atoms with E-state index in [2.05, 4.69) is 82.7 Å². The van der Waals surface area contributed by atoms with Crippen LogP contribution in [0.1, 0.15) is 68.4 Å². The van der Waals surface area contributed by atoms with Crippen molar-refractivity contribution in [3.8, 4) is 0 Å². The molecule has 1 aliphatic rings. The number of aromatic amines is 1. The van der Waals surface area contributed by atoms with Gasteiger partial charge in [-0.3, -0.25) is 9.69 Å². The fraction of sp³-hybridized carbons (Fsp3) is 0.481. The lowest BCUT2D eigenvalue weighted by atomic mass is 10.00. The monoisotopic (exact) mass is 506 g/mol. The Morgan fingerprint density at radius 1 is 1.28 bits per heavy atom. The van der Waals surface area contributed by atoms with Gasteiger partial charge in [-0.15, -0.1) is 16.4 Å². The van der Waals surface area contributed by atoms with Gasteiger partial charge >= 0.3 is 0 Å². The molecule has 0 saturated carbocycles. The van der Waals surface area contributed by atoms with Crippen molar-refractivity contribution in [2.45, 2.75) is 71.2 Å². The van der Waals surface area contributed by atoms with Crippen LogP contribution >= 0.6 is 11.3 Å². The normalized spacial score (nSPS) is 17.3. The van der Waals surface area contributed by atoms with Gasteiger partial charge in [-0.25, -0.2) is 4.68 Å². The van der Waals surface area contributed by atoms with Crippen molar-refractivity contribution in [2.75, 3.05) is 13.2 Å². The number of nitrogens with one attached hydrogen (secondary N) is 1. The molecule has 1 aromatic carbocycles. The van der Waals surface area contributed by atoms with Gasteiger partial charge in [0.1, 0.15) is 6.04 Å². The van der Waals surface area contributed by atoms with Crippen molar-refractivity contribution in [3.05, 3.63) is 74.0 Å². The SMILES string of the molecule is CCc1ccc2[nH]c(=O)c(C(c3nnnn3C(C)(C)C)N(Cc3cccs3)CC3CCCO3)cc2c1. The minimum Gasteiger partial charge on any atom is -0.377 e. The van der Waals surface area contributed by atoms with Crippen LogP contribution in [-0.4, -0.2) is 49.3 Å². The van der Waals surface area contributed by atoms with Gasteiger partial charge in [0.15, 0.2) is 5.82 Å². The smallest absolute Gasteiger partial charge is 0.253 e. The Kier molecular flexibility index (Phi) is 7.05. The number of rotatable bonds is 8. The van der Waals surface area contributed by atoms with E-state index in [-0.39, 0.29) is 17.2 Å². The lowest BCUT2D eigenvalue weighted by molar-refractivity contribution is 0.0569. The Morgan fingerprint density at radius 2 is 2.14 bits per heavy atom. The third-order valence-corrected chi connectivity index (χ3v) is 7.64. The van der Waals surface area contributed by atoms with Gasteiger partial charge in [0.2, 0.25) is 0 Å². The first kappa shape index (κ1) is 24.8. The summed E-state index contributed by atoms with van der Waals surface area (Å²) in [6, 6.07) is 12.0. The number of H-pyrrole nitrogens is 1. The summed E-state index contributed by atoms with van der Waals surface area (Å²) in [6.45, 7) is 10.5. The number of aryl methyl sites for hydroxylation is 1. The van der Waals surface area contributed by atoms with Gasteiger partial charge in [0.25, 0.3) is 5.56 Å². The third kappa shape index (κ3) is 5.14. The van der Waals surface area contributed by atoms with E-state index in [1.807, 2.05) is 16.8 Å². The lowest BCUT2D eigenvalue weighted by Gasteiger charge is -2.34. The Morgan fingerprint density at radius 3 is 2.83 bits per heavy atom. The molecule has 36 heavy (non-hydrogen) atoms. The average molecular weight is 507 g/mol. The van der Waals surface area contributed by atoms with Crippen LogP contribution in [0.5, 0.6) is 0 Å². The molecule has 1 saturated heterocycles. The van der Waals surface area contributed by atoms with Gasteiger partial charge in [-0.05, 0) is 91.1 Å². The van der Waals surface area contributed by atoms with Gasteiger partial charge < -0.3 is 9.72 Å². The number of tetrazole rings is 1. The number of benzene rings is 1. The molecule has 2 atom stereocenters. The van der Waals surface area contributed by atoms with Gasteiger partial charge in [0, 0.05) is 35.7 Å². The second-order valence-corrected chi connectivity index (χ2v) is 11.5. The Labute approximate surface area is 215 Å².